The molecule has 1 spiro atoms. The van der Waals surface area contributed by atoms with Crippen molar-refractivity contribution in [2.75, 3.05) is 26.7 Å². The minimum Gasteiger partial charge on any atom is -0.336 e. The zero-order valence-electron chi connectivity index (χ0n) is 11.8. The highest BCUT2D eigenvalue weighted by molar-refractivity contribution is 5.90. The third-order valence-electron chi connectivity index (χ3n) is 4.94. The van der Waals surface area contributed by atoms with Crippen molar-refractivity contribution in [3.8, 4) is 0 Å². The zero-order valence-corrected chi connectivity index (χ0v) is 11.8. The fourth-order valence-electron chi connectivity index (χ4n) is 3.54. The molecular weight excluding hydrogens is 240 g/mol. The molecule has 2 saturated heterocycles. The van der Waals surface area contributed by atoms with Crippen LogP contribution in [-0.2, 0) is 7.05 Å². The summed E-state index contributed by atoms with van der Waals surface area (Å²) in [4.78, 5) is 21.0. The lowest BCUT2D eigenvalue weighted by molar-refractivity contribution is 0.0480. The van der Waals surface area contributed by atoms with E-state index in [1.54, 1.807) is 10.8 Å². The predicted octanol–water partition coefficient (Wildman–Crippen LogP) is 1.12. The van der Waals surface area contributed by atoms with E-state index in [1.807, 2.05) is 18.1 Å². The molecule has 19 heavy (non-hydrogen) atoms. The summed E-state index contributed by atoms with van der Waals surface area (Å²) in [5.74, 6) is 0.624. The summed E-state index contributed by atoms with van der Waals surface area (Å²) in [5.41, 5.74) is 0.360. The summed E-state index contributed by atoms with van der Waals surface area (Å²) >= 11 is 0. The lowest BCUT2D eigenvalue weighted by Gasteiger charge is -2.43. The van der Waals surface area contributed by atoms with Gasteiger partial charge in [-0.05, 0) is 39.3 Å². The van der Waals surface area contributed by atoms with Crippen molar-refractivity contribution in [1.29, 1.82) is 0 Å². The minimum atomic E-state index is 0.0722. The first kappa shape index (κ1) is 12.7. The molecule has 5 nitrogen and oxygen atoms in total. The Hall–Kier alpha value is -1.36. The highest BCUT2D eigenvalue weighted by Gasteiger charge is 2.42. The Morgan fingerprint density at radius 2 is 1.95 bits per heavy atom. The molecule has 104 valence electrons. The Labute approximate surface area is 114 Å². The number of amides is 1. The zero-order chi connectivity index (χ0) is 13.5. The van der Waals surface area contributed by atoms with Crippen LogP contribution in [0.4, 0.5) is 0 Å². The van der Waals surface area contributed by atoms with Gasteiger partial charge < -0.3 is 14.4 Å². The molecule has 0 saturated carbocycles. The molecule has 0 atom stereocenters. The Morgan fingerprint density at radius 1 is 1.21 bits per heavy atom. The van der Waals surface area contributed by atoms with Crippen LogP contribution in [0.5, 0.6) is 0 Å². The van der Waals surface area contributed by atoms with E-state index < -0.39 is 0 Å². The number of nitrogens with zero attached hydrogens (tertiary/aromatic N) is 4. The van der Waals surface area contributed by atoms with E-state index in [-0.39, 0.29) is 5.91 Å². The first-order chi connectivity index (χ1) is 9.12. The second-order valence-corrected chi connectivity index (χ2v) is 5.90. The summed E-state index contributed by atoms with van der Waals surface area (Å²) < 4.78 is 1.80. The van der Waals surface area contributed by atoms with Crippen molar-refractivity contribution in [3.63, 3.8) is 0 Å². The fourth-order valence-corrected chi connectivity index (χ4v) is 3.54. The molecule has 0 unspecified atom stereocenters. The number of rotatable bonds is 1. The van der Waals surface area contributed by atoms with Crippen molar-refractivity contribution in [2.45, 2.75) is 31.2 Å². The van der Waals surface area contributed by atoms with E-state index in [4.69, 9.17) is 0 Å². The van der Waals surface area contributed by atoms with Gasteiger partial charge in [-0.15, -0.1) is 0 Å². The van der Waals surface area contributed by atoms with Gasteiger partial charge in [0.15, 0.2) is 5.82 Å². The summed E-state index contributed by atoms with van der Waals surface area (Å²) in [6, 6.07) is 0. The molecule has 1 aromatic heterocycles. The normalized spacial score (nSPS) is 23.2. The first-order valence-electron chi connectivity index (χ1n) is 7.10. The van der Waals surface area contributed by atoms with E-state index in [9.17, 15) is 4.79 Å². The van der Waals surface area contributed by atoms with Gasteiger partial charge in [-0.1, -0.05) is 0 Å². The second kappa shape index (κ2) is 4.63. The maximum Gasteiger partial charge on any atom is 0.289 e. The van der Waals surface area contributed by atoms with Gasteiger partial charge in [0.25, 0.3) is 5.91 Å². The molecule has 3 rings (SSSR count). The van der Waals surface area contributed by atoms with Gasteiger partial charge in [0, 0.05) is 38.1 Å². The molecule has 2 fully saturated rings. The maximum absolute atomic E-state index is 12.4. The Morgan fingerprint density at radius 3 is 2.47 bits per heavy atom. The standard InChI is InChI=1S/C14H22N4O/c1-16-11-7-15-12(16)13(19)18-9-5-14(6-10-18)4-3-8-17(14)2/h7,11H,3-6,8-10H2,1-2H3. The Bertz CT molecular complexity index is 474. The molecule has 0 aliphatic carbocycles. The summed E-state index contributed by atoms with van der Waals surface area (Å²) in [6.45, 7) is 2.92. The highest BCUT2D eigenvalue weighted by atomic mass is 16.2. The van der Waals surface area contributed by atoms with Crippen LogP contribution in [0.1, 0.15) is 36.3 Å². The van der Waals surface area contributed by atoms with E-state index in [1.165, 1.54) is 19.4 Å². The van der Waals surface area contributed by atoms with Crippen LogP contribution in [0.2, 0.25) is 0 Å². The monoisotopic (exact) mass is 262 g/mol. The number of hydrogen-bond acceptors (Lipinski definition) is 3. The van der Waals surface area contributed by atoms with Gasteiger partial charge in [0.2, 0.25) is 0 Å². The largest absolute Gasteiger partial charge is 0.336 e. The van der Waals surface area contributed by atoms with E-state index in [2.05, 4.69) is 16.9 Å². The Kier molecular flexibility index (Phi) is 3.09. The van der Waals surface area contributed by atoms with Crippen LogP contribution in [0.15, 0.2) is 12.4 Å². The molecule has 0 aromatic carbocycles. The molecular formula is C14H22N4O. The number of piperidine rings is 1. The van der Waals surface area contributed by atoms with Crippen LogP contribution in [0, 0.1) is 0 Å². The number of aryl methyl sites for hydroxylation is 1. The molecule has 2 aliphatic rings. The molecule has 1 amide bonds. The summed E-state index contributed by atoms with van der Waals surface area (Å²) in [6.07, 6.45) is 8.28. The van der Waals surface area contributed by atoms with Crippen molar-refractivity contribution < 1.29 is 4.79 Å². The van der Waals surface area contributed by atoms with Crippen LogP contribution < -0.4 is 0 Å². The number of imidazole rings is 1. The first-order valence-corrected chi connectivity index (χ1v) is 7.10. The van der Waals surface area contributed by atoms with Gasteiger partial charge >= 0.3 is 0 Å². The molecule has 0 N–H and O–H groups in total. The van der Waals surface area contributed by atoms with Gasteiger partial charge in [-0.3, -0.25) is 4.79 Å². The molecule has 0 radical (unpaired) electrons. The molecule has 5 heteroatoms. The van der Waals surface area contributed by atoms with Crippen LogP contribution in [0.25, 0.3) is 0 Å². The van der Waals surface area contributed by atoms with Crippen LogP contribution >= 0.6 is 0 Å². The van der Waals surface area contributed by atoms with Crippen molar-refractivity contribution >= 4 is 5.91 Å². The lowest BCUT2D eigenvalue weighted by atomic mass is 9.85. The van der Waals surface area contributed by atoms with Gasteiger partial charge in [0.1, 0.15) is 0 Å². The smallest absolute Gasteiger partial charge is 0.289 e. The van der Waals surface area contributed by atoms with E-state index in [0.717, 1.165) is 25.9 Å². The molecule has 0 bridgehead atoms. The van der Waals surface area contributed by atoms with E-state index >= 15 is 0 Å². The summed E-state index contributed by atoms with van der Waals surface area (Å²) in [5, 5.41) is 0. The van der Waals surface area contributed by atoms with Crippen molar-refractivity contribution in [1.82, 2.24) is 19.4 Å². The Balaban J connectivity index is 1.67. The number of aromatic nitrogens is 2. The van der Waals surface area contributed by atoms with Crippen molar-refractivity contribution in [2.24, 2.45) is 7.05 Å². The highest BCUT2D eigenvalue weighted by Crippen LogP contribution is 2.37. The lowest BCUT2D eigenvalue weighted by Crippen LogP contribution is -2.52. The fraction of sp³-hybridized carbons (Fsp3) is 0.714. The van der Waals surface area contributed by atoms with Gasteiger partial charge in [-0.2, -0.15) is 0 Å². The number of carbonyl (C=O) groups excluding carboxylic acids is 1. The number of hydrogen-bond donors (Lipinski definition) is 0. The van der Waals surface area contributed by atoms with Gasteiger partial charge in [0.05, 0.1) is 0 Å². The predicted molar refractivity (Wildman–Crippen MR) is 72.9 cm³/mol. The average Bonchev–Trinajstić information content (AvgIpc) is 2.98. The summed E-state index contributed by atoms with van der Waals surface area (Å²) in [7, 11) is 4.10. The SMILES string of the molecule is CN1CCCC12CCN(C(=O)c1nccn1C)CC2. The van der Waals surface area contributed by atoms with Gasteiger partial charge in [-0.25, -0.2) is 4.98 Å². The topological polar surface area (TPSA) is 41.4 Å². The second-order valence-electron chi connectivity index (χ2n) is 5.90. The number of likely N-dealkylation sites (tertiary alicyclic amines) is 2. The molecule has 1 aromatic rings. The minimum absolute atomic E-state index is 0.0722. The average molecular weight is 262 g/mol. The quantitative estimate of drug-likeness (QED) is 0.761. The number of carbonyl (C=O) groups is 1. The van der Waals surface area contributed by atoms with Crippen molar-refractivity contribution in [3.05, 3.63) is 18.2 Å². The van der Waals surface area contributed by atoms with Crippen LogP contribution in [0.3, 0.4) is 0 Å². The molecule has 2 aliphatic heterocycles. The van der Waals surface area contributed by atoms with E-state index in [0.29, 0.717) is 11.4 Å². The molecule has 3 heterocycles. The van der Waals surface area contributed by atoms with Crippen LogP contribution in [-0.4, -0.2) is 57.5 Å². The third kappa shape index (κ3) is 2.06. The maximum atomic E-state index is 12.4. The third-order valence-corrected chi connectivity index (χ3v) is 4.94.